The van der Waals surface area contributed by atoms with Crippen molar-refractivity contribution in [3.63, 3.8) is 0 Å². The second kappa shape index (κ2) is 11.2. The summed E-state index contributed by atoms with van der Waals surface area (Å²) in [6, 6.07) is 63.0. The van der Waals surface area contributed by atoms with Gasteiger partial charge in [0.25, 0.3) is 0 Å². The Morgan fingerprint density at radius 3 is 1.73 bits per heavy atom. The van der Waals surface area contributed by atoms with Crippen molar-refractivity contribution in [2.45, 2.75) is 0 Å². The number of hydrogen-bond acceptors (Lipinski definition) is 3. The van der Waals surface area contributed by atoms with Gasteiger partial charge >= 0.3 is 0 Å². The summed E-state index contributed by atoms with van der Waals surface area (Å²) in [4.78, 5) is 2.35. The summed E-state index contributed by atoms with van der Waals surface area (Å²) in [7, 11) is 0. The molecule has 0 aliphatic heterocycles. The van der Waals surface area contributed by atoms with E-state index in [-0.39, 0.29) is 0 Å². The Balaban J connectivity index is 1.17. The molecule has 0 amide bonds. The lowest BCUT2D eigenvalue weighted by molar-refractivity contribution is 0.673. The first-order valence-corrected chi connectivity index (χ1v) is 17.4. The Labute approximate surface area is 287 Å². The molecule has 8 aromatic carbocycles. The molecule has 2 aromatic heterocycles. The molecule has 0 saturated heterocycles. The Hall–Kier alpha value is -6.16. The van der Waals surface area contributed by atoms with E-state index in [0.717, 1.165) is 55.3 Å². The van der Waals surface area contributed by atoms with Gasteiger partial charge in [-0.2, -0.15) is 0 Å². The molecule has 0 N–H and O–H groups in total. The van der Waals surface area contributed by atoms with E-state index in [1.165, 1.54) is 36.9 Å². The normalized spacial score (nSPS) is 11.7. The van der Waals surface area contributed by atoms with E-state index < -0.39 is 0 Å². The first-order chi connectivity index (χ1) is 24.3. The zero-order valence-electron chi connectivity index (χ0n) is 26.5. The number of hydrogen-bond donors (Lipinski definition) is 0. The maximum absolute atomic E-state index is 6.73. The maximum atomic E-state index is 6.73. The average molecular weight is 644 g/mol. The predicted octanol–water partition coefficient (Wildman–Crippen LogP) is 13.9. The van der Waals surface area contributed by atoms with Gasteiger partial charge in [-0.05, 0) is 64.7 Å². The van der Waals surface area contributed by atoms with Crippen LogP contribution in [0, 0.1) is 0 Å². The zero-order chi connectivity index (χ0) is 32.3. The van der Waals surface area contributed by atoms with Crippen LogP contribution in [-0.4, -0.2) is 0 Å². The van der Waals surface area contributed by atoms with Crippen molar-refractivity contribution in [1.82, 2.24) is 0 Å². The summed E-state index contributed by atoms with van der Waals surface area (Å²) in [6.07, 6.45) is 0. The second-order valence-electron chi connectivity index (χ2n) is 12.5. The molecule has 0 fully saturated rings. The van der Waals surface area contributed by atoms with Crippen molar-refractivity contribution in [3.8, 4) is 22.3 Å². The van der Waals surface area contributed by atoms with Gasteiger partial charge in [0.15, 0.2) is 0 Å². The van der Waals surface area contributed by atoms with Crippen LogP contribution in [0.4, 0.5) is 17.1 Å². The molecule has 0 aliphatic rings. The van der Waals surface area contributed by atoms with Gasteiger partial charge in [0.2, 0.25) is 0 Å². The molecule has 0 aliphatic carbocycles. The predicted molar refractivity (Wildman–Crippen MR) is 210 cm³/mol. The van der Waals surface area contributed by atoms with Gasteiger partial charge in [0, 0.05) is 53.1 Å². The highest BCUT2D eigenvalue weighted by Gasteiger charge is 2.21. The van der Waals surface area contributed by atoms with E-state index in [1.807, 2.05) is 11.3 Å². The molecule has 10 rings (SSSR count). The van der Waals surface area contributed by atoms with Crippen LogP contribution >= 0.6 is 11.3 Å². The van der Waals surface area contributed by atoms with Crippen LogP contribution in [0.3, 0.4) is 0 Å². The molecule has 2 heterocycles. The van der Waals surface area contributed by atoms with Crippen LogP contribution in [-0.2, 0) is 0 Å². The van der Waals surface area contributed by atoms with E-state index >= 15 is 0 Å². The van der Waals surface area contributed by atoms with E-state index in [2.05, 4.69) is 181 Å². The molecule has 0 unspecified atom stereocenters. The Morgan fingerprint density at radius 2 is 1.00 bits per heavy atom. The van der Waals surface area contributed by atoms with Gasteiger partial charge in [0.05, 0.1) is 5.69 Å². The topological polar surface area (TPSA) is 16.4 Å². The largest absolute Gasteiger partial charge is 0.455 e. The number of fused-ring (bicyclic) bond motifs is 8. The number of para-hydroxylation sites is 2. The van der Waals surface area contributed by atoms with E-state index in [0.29, 0.717) is 0 Å². The number of anilines is 3. The molecule has 230 valence electrons. The lowest BCUT2D eigenvalue weighted by Gasteiger charge is -2.27. The fourth-order valence-electron chi connectivity index (χ4n) is 7.44. The van der Waals surface area contributed by atoms with Gasteiger partial charge in [0.1, 0.15) is 11.2 Å². The summed E-state index contributed by atoms with van der Waals surface area (Å²) in [6.45, 7) is 0. The van der Waals surface area contributed by atoms with Crippen molar-refractivity contribution in [1.29, 1.82) is 0 Å². The average Bonchev–Trinajstić information content (AvgIpc) is 3.75. The number of furan rings is 1. The fourth-order valence-corrected chi connectivity index (χ4v) is 8.68. The van der Waals surface area contributed by atoms with Crippen molar-refractivity contribution >= 4 is 81.3 Å². The van der Waals surface area contributed by atoms with Crippen LogP contribution in [0.1, 0.15) is 0 Å². The second-order valence-corrected chi connectivity index (χ2v) is 13.5. The highest BCUT2D eigenvalue weighted by atomic mass is 32.1. The van der Waals surface area contributed by atoms with Crippen LogP contribution < -0.4 is 4.90 Å². The Bertz CT molecular complexity index is 2770. The minimum Gasteiger partial charge on any atom is -0.455 e. The molecule has 3 heteroatoms. The molecule has 0 radical (unpaired) electrons. The smallest absolute Gasteiger partial charge is 0.143 e. The Kier molecular flexibility index (Phi) is 6.39. The number of nitrogens with zero attached hydrogens (tertiary/aromatic N) is 1. The van der Waals surface area contributed by atoms with Gasteiger partial charge in [-0.3, -0.25) is 0 Å². The first-order valence-electron chi connectivity index (χ1n) is 16.6. The maximum Gasteiger partial charge on any atom is 0.143 e. The third kappa shape index (κ3) is 4.47. The third-order valence-corrected chi connectivity index (χ3v) is 10.9. The molecule has 49 heavy (non-hydrogen) atoms. The molecule has 0 spiro atoms. The number of benzene rings is 8. The van der Waals surface area contributed by atoms with E-state index in [4.69, 9.17) is 4.42 Å². The molecule has 2 nitrogen and oxygen atoms in total. The van der Waals surface area contributed by atoms with Gasteiger partial charge < -0.3 is 9.32 Å². The minimum absolute atomic E-state index is 0.889. The van der Waals surface area contributed by atoms with Gasteiger partial charge in [-0.15, -0.1) is 11.3 Å². The highest BCUT2D eigenvalue weighted by molar-refractivity contribution is 7.26. The summed E-state index contributed by atoms with van der Waals surface area (Å²) < 4.78 is 9.38. The van der Waals surface area contributed by atoms with Crippen molar-refractivity contribution in [3.05, 3.63) is 176 Å². The van der Waals surface area contributed by atoms with Gasteiger partial charge in [-0.1, -0.05) is 133 Å². The summed E-state index contributed by atoms with van der Waals surface area (Å²) in [5.74, 6) is 0. The lowest BCUT2D eigenvalue weighted by atomic mass is 9.95. The quantitative estimate of drug-likeness (QED) is 0.186. The van der Waals surface area contributed by atoms with Gasteiger partial charge in [-0.25, -0.2) is 0 Å². The van der Waals surface area contributed by atoms with Crippen molar-refractivity contribution in [2.75, 3.05) is 4.90 Å². The van der Waals surface area contributed by atoms with Crippen LogP contribution in [0.25, 0.3) is 75.1 Å². The zero-order valence-corrected chi connectivity index (χ0v) is 27.3. The monoisotopic (exact) mass is 643 g/mol. The highest BCUT2D eigenvalue weighted by Crippen LogP contribution is 2.46. The molecular weight excluding hydrogens is 615 g/mol. The molecular formula is C46H29NOS. The SMILES string of the molecule is c1ccc(N(c2ccccc2)c2cc3c(oc4cccc(-c5ccc(-c6cccc7c6sc6ccccc67)cc5)c43)c3ccccc23)cc1. The first kappa shape index (κ1) is 27.9. The Morgan fingerprint density at radius 1 is 0.429 bits per heavy atom. The van der Waals surface area contributed by atoms with Crippen LogP contribution in [0.2, 0.25) is 0 Å². The molecule has 0 saturated carbocycles. The molecule has 0 bridgehead atoms. The van der Waals surface area contributed by atoms with Crippen molar-refractivity contribution in [2.24, 2.45) is 0 Å². The summed E-state index contributed by atoms with van der Waals surface area (Å²) in [5, 5.41) is 7.12. The van der Waals surface area contributed by atoms with E-state index in [1.54, 1.807) is 0 Å². The van der Waals surface area contributed by atoms with Crippen LogP contribution in [0.15, 0.2) is 180 Å². The van der Waals surface area contributed by atoms with E-state index in [9.17, 15) is 0 Å². The fraction of sp³-hybridized carbons (Fsp3) is 0. The number of rotatable bonds is 5. The third-order valence-electron chi connectivity index (χ3n) is 9.66. The summed E-state index contributed by atoms with van der Waals surface area (Å²) >= 11 is 1.87. The summed E-state index contributed by atoms with van der Waals surface area (Å²) in [5.41, 5.74) is 9.95. The minimum atomic E-state index is 0.889. The standard InChI is InChI=1S/C46H29NOS/c1-3-13-32(14-4-1)47(33-15-5-2-6-16-33)41-29-40-44-34(20-12-23-42(44)48-45(40)38-19-8-7-17-36(38)41)30-25-27-31(28-26-30)35-21-11-22-39-37-18-9-10-24-43(37)49-46(35)39/h1-29H. The molecule has 10 aromatic rings. The lowest BCUT2D eigenvalue weighted by Crippen LogP contribution is -2.10. The molecule has 0 atom stereocenters. The van der Waals surface area contributed by atoms with Crippen molar-refractivity contribution < 1.29 is 4.42 Å². The van der Waals surface area contributed by atoms with Crippen LogP contribution in [0.5, 0.6) is 0 Å². The number of thiophene rings is 1.